The van der Waals surface area contributed by atoms with Gasteiger partial charge in [0.25, 0.3) is 0 Å². The van der Waals surface area contributed by atoms with Gasteiger partial charge in [-0.15, -0.1) is 0 Å². The maximum atomic E-state index is 4.94. The number of rotatable bonds is 4. The lowest BCUT2D eigenvalue weighted by atomic mass is 10.2. The molecule has 0 unspecified atom stereocenters. The summed E-state index contributed by atoms with van der Waals surface area (Å²) in [5.41, 5.74) is 0.0417. The molecule has 0 spiro atoms. The van der Waals surface area contributed by atoms with Crippen LogP contribution in [0.15, 0.2) is 0 Å². The highest BCUT2D eigenvalue weighted by atomic mass is 16.7. The Balaban J connectivity index is 0. The van der Waals surface area contributed by atoms with E-state index in [9.17, 15) is 0 Å². The molecule has 0 saturated carbocycles. The van der Waals surface area contributed by atoms with Gasteiger partial charge in [0.15, 0.2) is 0 Å². The average Bonchev–Trinajstić information content (AvgIpc) is 2.06. The molecule has 0 rings (SSSR count). The summed E-state index contributed by atoms with van der Waals surface area (Å²) in [6.07, 6.45) is 0. The Hall–Kier alpha value is -0.120. The fourth-order valence-electron chi connectivity index (χ4n) is 0.226. The van der Waals surface area contributed by atoms with Crippen molar-refractivity contribution in [1.29, 1.82) is 0 Å². The molecule has 0 aliphatic rings. The molecule has 0 fully saturated rings. The predicted molar refractivity (Wildman–Crippen MR) is 54.9 cm³/mol. The highest BCUT2D eigenvalue weighted by Crippen LogP contribution is 2.02. The molecule has 0 saturated heterocycles. The average molecular weight is 192 g/mol. The van der Waals surface area contributed by atoms with Crippen molar-refractivity contribution in [2.45, 2.75) is 40.2 Å². The topological polar surface area (TPSA) is 27.7 Å². The van der Waals surface area contributed by atoms with Crippen LogP contribution in [0.1, 0.15) is 34.6 Å². The Morgan fingerprint density at radius 3 is 1.38 bits per heavy atom. The van der Waals surface area contributed by atoms with E-state index in [1.54, 1.807) is 7.11 Å². The monoisotopic (exact) mass is 192 g/mol. The highest BCUT2D eigenvalue weighted by Gasteiger charge is 2.03. The van der Waals surface area contributed by atoms with Crippen LogP contribution in [-0.2, 0) is 14.2 Å². The van der Waals surface area contributed by atoms with Crippen LogP contribution in [0.5, 0.6) is 0 Å². The Kier molecular flexibility index (Phi) is 11.8. The summed E-state index contributed by atoms with van der Waals surface area (Å²) in [5, 5.41) is 0. The number of methoxy groups -OCH3 is 1. The Morgan fingerprint density at radius 2 is 1.23 bits per heavy atom. The zero-order valence-electron chi connectivity index (χ0n) is 9.85. The Bertz CT molecular complexity index is 82.7. The van der Waals surface area contributed by atoms with Crippen molar-refractivity contribution in [3.8, 4) is 0 Å². The van der Waals surface area contributed by atoms with Gasteiger partial charge in [-0.25, -0.2) is 0 Å². The molecule has 82 valence electrons. The van der Waals surface area contributed by atoms with E-state index in [1.807, 2.05) is 34.6 Å². The summed E-state index contributed by atoms with van der Waals surface area (Å²) in [5.74, 6) is 0. The summed E-state index contributed by atoms with van der Waals surface area (Å²) in [6, 6.07) is 0. The molecule has 0 aliphatic heterocycles. The van der Waals surface area contributed by atoms with Crippen molar-refractivity contribution in [1.82, 2.24) is 0 Å². The van der Waals surface area contributed by atoms with Gasteiger partial charge in [0.1, 0.15) is 6.79 Å². The summed E-state index contributed by atoms with van der Waals surface area (Å²) < 4.78 is 14.6. The molecule has 0 N–H and O–H groups in total. The second-order valence-electron chi connectivity index (χ2n) is 3.42. The first-order valence-electron chi connectivity index (χ1n) is 4.68. The number of ether oxygens (including phenoxy) is 3. The van der Waals surface area contributed by atoms with Crippen LogP contribution in [0.25, 0.3) is 0 Å². The van der Waals surface area contributed by atoms with E-state index in [1.165, 1.54) is 0 Å². The fraction of sp³-hybridized carbons (Fsp3) is 1.00. The lowest BCUT2D eigenvalue weighted by Gasteiger charge is -2.14. The van der Waals surface area contributed by atoms with E-state index in [-0.39, 0.29) is 5.60 Å². The van der Waals surface area contributed by atoms with Crippen LogP contribution >= 0.6 is 0 Å². The third kappa shape index (κ3) is 24.5. The number of hydrogen-bond donors (Lipinski definition) is 0. The van der Waals surface area contributed by atoms with E-state index < -0.39 is 0 Å². The third-order valence-corrected chi connectivity index (χ3v) is 1.19. The van der Waals surface area contributed by atoms with Crippen LogP contribution in [0.2, 0.25) is 0 Å². The second-order valence-corrected chi connectivity index (χ2v) is 3.42. The molecule has 3 heteroatoms. The van der Waals surface area contributed by atoms with Crippen LogP contribution in [-0.4, -0.2) is 32.7 Å². The van der Waals surface area contributed by atoms with E-state index >= 15 is 0 Å². The third-order valence-electron chi connectivity index (χ3n) is 1.19. The first-order chi connectivity index (χ1) is 5.97. The molecule has 0 aromatic carbocycles. The fourth-order valence-corrected chi connectivity index (χ4v) is 0.226. The predicted octanol–water partition coefficient (Wildman–Crippen LogP) is 2.45. The number of hydrogen-bond acceptors (Lipinski definition) is 3. The SMILES string of the molecule is CCOCOCC.COC(C)(C)C. The van der Waals surface area contributed by atoms with Gasteiger partial charge in [0.2, 0.25) is 0 Å². The quantitative estimate of drug-likeness (QED) is 0.506. The zero-order chi connectivity index (χ0) is 10.7. The maximum Gasteiger partial charge on any atom is 0.146 e. The summed E-state index contributed by atoms with van der Waals surface area (Å²) >= 11 is 0. The largest absolute Gasteiger partial charge is 0.379 e. The smallest absolute Gasteiger partial charge is 0.146 e. The normalized spacial score (nSPS) is 10.6. The lowest BCUT2D eigenvalue weighted by Crippen LogP contribution is -2.15. The molecule has 0 amide bonds. The van der Waals surface area contributed by atoms with Crippen molar-refractivity contribution in [3.05, 3.63) is 0 Å². The molecule has 0 radical (unpaired) electrons. The Labute approximate surface area is 82.4 Å². The van der Waals surface area contributed by atoms with Gasteiger partial charge < -0.3 is 14.2 Å². The van der Waals surface area contributed by atoms with E-state index in [0.717, 1.165) is 13.2 Å². The van der Waals surface area contributed by atoms with Gasteiger partial charge in [0, 0.05) is 20.3 Å². The standard InChI is InChI=1S/C5H12O2.C5H12O/c1-3-6-5-7-4-2;1-5(2,3)6-4/h3-5H2,1-2H3;1-4H3. The van der Waals surface area contributed by atoms with Crippen molar-refractivity contribution >= 4 is 0 Å². The van der Waals surface area contributed by atoms with Gasteiger partial charge in [-0.1, -0.05) is 0 Å². The second kappa shape index (κ2) is 9.96. The zero-order valence-corrected chi connectivity index (χ0v) is 9.85. The molecule has 0 heterocycles. The first kappa shape index (κ1) is 15.4. The van der Waals surface area contributed by atoms with Crippen molar-refractivity contribution in [2.75, 3.05) is 27.1 Å². The molecular weight excluding hydrogens is 168 g/mol. The van der Waals surface area contributed by atoms with E-state index in [0.29, 0.717) is 6.79 Å². The van der Waals surface area contributed by atoms with Gasteiger partial charge in [-0.05, 0) is 34.6 Å². The molecule has 0 aromatic heterocycles. The molecule has 13 heavy (non-hydrogen) atoms. The van der Waals surface area contributed by atoms with Crippen LogP contribution < -0.4 is 0 Å². The summed E-state index contributed by atoms with van der Waals surface area (Å²) in [6.45, 7) is 11.9. The minimum absolute atomic E-state index is 0.0417. The molecular formula is C10H24O3. The summed E-state index contributed by atoms with van der Waals surface area (Å²) in [4.78, 5) is 0. The first-order valence-corrected chi connectivity index (χ1v) is 4.68. The highest BCUT2D eigenvalue weighted by molar-refractivity contribution is 4.55. The van der Waals surface area contributed by atoms with Crippen LogP contribution in [0.3, 0.4) is 0 Å². The molecule has 0 atom stereocenters. The molecule has 0 bridgehead atoms. The Morgan fingerprint density at radius 1 is 0.923 bits per heavy atom. The lowest BCUT2D eigenvalue weighted by molar-refractivity contribution is -0.0445. The minimum atomic E-state index is 0.0417. The van der Waals surface area contributed by atoms with Crippen LogP contribution in [0.4, 0.5) is 0 Å². The maximum absolute atomic E-state index is 4.94. The van der Waals surface area contributed by atoms with E-state index in [4.69, 9.17) is 14.2 Å². The van der Waals surface area contributed by atoms with Gasteiger partial charge in [-0.3, -0.25) is 0 Å². The molecule has 0 aliphatic carbocycles. The van der Waals surface area contributed by atoms with Crippen molar-refractivity contribution in [2.24, 2.45) is 0 Å². The van der Waals surface area contributed by atoms with Gasteiger partial charge in [0.05, 0.1) is 5.60 Å². The molecule has 3 nitrogen and oxygen atoms in total. The minimum Gasteiger partial charge on any atom is -0.379 e. The molecule has 0 aromatic rings. The van der Waals surface area contributed by atoms with Crippen LogP contribution in [0, 0.1) is 0 Å². The van der Waals surface area contributed by atoms with E-state index in [2.05, 4.69) is 0 Å². The van der Waals surface area contributed by atoms with Gasteiger partial charge >= 0.3 is 0 Å². The van der Waals surface area contributed by atoms with Gasteiger partial charge in [-0.2, -0.15) is 0 Å². The summed E-state index contributed by atoms with van der Waals surface area (Å²) in [7, 11) is 1.71. The van der Waals surface area contributed by atoms with Crippen molar-refractivity contribution < 1.29 is 14.2 Å². The van der Waals surface area contributed by atoms with Crippen molar-refractivity contribution in [3.63, 3.8) is 0 Å².